The summed E-state index contributed by atoms with van der Waals surface area (Å²) in [6.45, 7) is 2.83. The van der Waals surface area contributed by atoms with E-state index < -0.39 is 0 Å². The monoisotopic (exact) mass is 441 g/mol. The normalized spacial score (nSPS) is 16.7. The number of aliphatic hydroxyl groups excluding tert-OH is 1. The summed E-state index contributed by atoms with van der Waals surface area (Å²) in [6.07, 6.45) is 5.88. The molecule has 9 heteroatoms. The fourth-order valence-corrected chi connectivity index (χ4v) is 4.28. The summed E-state index contributed by atoms with van der Waals surface area (Å²) in [5.41, 5.74) is 2.10. The molecule has 31 heavy (non-hydrogen) atoms. The average Bonchev–Trinajstić information content (AvgIpc) is 3.56. The number of fused-ring (bicyclic) bond motifs is 1. The number of hydrogen-bond donors (Lipinski definition) is 1. The van der Waals surface area contributed by atoms with Crippen LogP contribution in [0, 0.1) is 5.92 Å². The lowest BCUT2D eigenvalue weighted by atomic mass is 10.1. The maximum Gasteiger partial charge on any atom is 0.236 e. The molecule has 0 unspecified atom stereocenters. The van der Waals surface area contributed by atoms with E-state index in [0.717, 1.165) is 50.4 Å². The van der Waals surface area contributed by atoms with Gasteiger partial charge in [0.25, 0.3) is 0 Å². The van der Waals surface area contributed by atoms with Crippen molar-refractivity contribution in [2.75, 3.05) is 38.2 Å². The van der Waals surface area contributed by atoms with Gasteiger partial charge in [-0.25, -0.2) is 4.98 Å². The van der Waals surface area contributed by atoms with Gasteiger partial charge in [0.2, 0.25) is 11.7 Å². The first-order chi connectivity index (χ1) is 15.1. The average molecular weight is 442 g/mol. The van der Waals surface area contributed by atoms with Crippen LogP contribution < -0.4 is 9.64 Å². The van der Waals surface area contributed by atoms with E-state index >= 15 is 0 Å². The molecule has 162 valence electrons. The Morgan fingerprint density at radius 3 is 2.68 bits per heavy atom. The van der Waals surface area contributed by atoms with E-state index in [9.17, 15) is 9.90 Å². The highest BCUT2D eigenvalue weighted by Gasteiger charge is 2.34. The molecular weight excluding hydrogens is 418 g/mol. The Hall–Kier alpha value is -2.84. The number of hydrogen-bond acceptors (Lipinski definition) is 6. The Labute approximate surface area is 185 Å². The van der Waals surface area contributed by atoms with Crippen molar-refractivity contribution < 1.29 is 14.6 Å². The van der Waals surface area contributed by atoms with Gasteiger partial charge in [0, 0.05) is 50.1 Å². The molecule has 1 amide bonds. The number of carbonyl (C=O) groups excluding carboxylic acids is 1. The third-order valence-corrected chi connectivity index (χ3v) is 6.27. The van der Waals surface area contributed by atoms with Crippen LogP contribution in [0.5, 0.6) is 5.75 Å². The third kappa shape index (κ3) is 3.81. The lowest BCUT2D eigenvalue weighted by molar-refractivity contribution is -0.132. The summed E-state index contributed by atoms with van der Waals surface area (Å²) in [7, 11) is 1.54. The van der Waals surface area contributed by atoms with Crippen LogP contribution >= 0.6 is 11.6 Å². The second kappa shape index (κ2) is 8.01. The number of halogens is 1. The molecule has 1 aliphatic carbocycles. The second-order valence-electron chi connectivity index (χ2n) is 8.01. The highest BCUT2D eigenvalue weighted by atomic mass is 35.5. The fourth-order valence-electron chi connectivity index (χ4n) is 4.03. The molecule has 3 aromatic rings. The second-order valence-corrected chi connectivity index (χ2v) is 8.41. The SMILES string of the molecule is COc1cc(CO)c(-c2cn3ccc(N4CCN(C(=O)C5CC5)CC4)nc3n2)cc1Cl. The van der Waals surface area contributed by atoms with Gasteiger partial charge in [0.1, 0.15) is 11.6 Å². The number of carbonyl (C=O) groups is 1. The van der Waals surface area contributed by atoms with Crippen molar-refractivity contribution in [2.24, 2.45) is 5.92 Å². The molecule has 1 aliphatic heterocycles. The smallest absolute Gasteiger partial charge is 0.236 e. The molecule has 2 aromatic heterocycles. The first-order valence-electron chi connectivity index (χ1n) is 10.4. The van der Waals surface area contributed by atoms with Crippen LogP contribution in [-0.4, -0.2) is 63.6 Å². The minimum absolute atomic E-state index is 0.154. The zero-order chi connectivity index (χ0) is 21.5. The summed E-state index contributed by atoms with van der Waals surface area (Å²) in [5, 5.41) is 10.3. The van der Waals surface area contributed by atoms with Crippen molar-refractivity contribution in [3.05, 3.63) is 41.2 Å². The van der Waals surface area contributed by atoms with E-state index in [1.165, 1.54) is 0 Å². The van der Waals surface area contributed by atoms with Crippen LogP contribution in [0.2, 0.25) is 5.02 Å². The number of aromatic nitrogens is 3. The molecule has 0 spiro atoms. The van der Waals surface area contributed by atoms with Crippen LogP contribution in [0.3, 0.4) is 0 Å². The standard InChI is InChI=1S/C22H24ClN5O3/c1-31-19-10-15(13-29)16(11-17(19)23)18-12-28-5-4-20(25-22(28)24-18)26-6-8-27(9-7-26)21(30)14-2-3-14/h4-5,10-12,14,29H,2-3,6-9,13H2,1H3. The molecule has 5 rings (SSSR count). The molecule has 1 saturated heterocycles. The highest BCUT2D eigenvalue weighted by molar-refractivity contribution is 6.32. The van der Waals surface area contributed by atoms with Gasteiger partial charge >= 0.3 is 0 Å². The van der Waals surface area contributed by atoms with E-state index in [1.807, 2.05) is 27.8 Å². The van der Waals surface area contributed by atoms with E-state index in [4.69, 9.17) is 21.3 Å². The number of benzene rings is 1. The van der Waals surface area contributed by atoms with E-state index in [2.05, 4.69) is 9.88 Å². The summed E-state index contributed by atoms with van der Waals surface area (Å²) < 4.78 is 7.10. The molecule has 0 radical (unpaired) electrons. The zero-order valence-electron chi connectivity index (χ0n) is 17.3. The Morgan fingerprint density at radius 1 is 1.23 bits per heavy atom. The summed E-state index contributed by atoms with van der Waals surface area (Å²) in [4.78, 5) is 25.8. The number of rotatable bonds is 5. The molecular formula is C22H24ClN5O3. The van der Waals surface area contributed by atoms with Gasteiger partial charge < -0.3 is 19.6 Å². The van der Waals surface area contributed by atoms with Crippen LogP contribution in [0.4, 0.5) is 5.82 Å². The van der Waals surface area contributed by atoms with Gasteiger partial charge in [0.05, 0.1) is 24.4 Å². The third-order valence-electron chi connectivity index (χ3n) is 5.98. The number of amides is 1. The van der Waals surface area contributed by atoms with Crippen LogP contribution in [0.25, 0.3) is 17.0 Å². The molecule has 1 aromatic carbocycles. The minimum Gasteiger partial charge on any atom is -0.495 e. The van der Waals surface area contributed by atoms with Crippen molar-refractivity contribution in [3.8, 4) is 17.0 Å². The highest BCUT2D eigenvalue weighted by Crippen LogP contribution is 2.34. The van der Waals surface area contributed by atoms with Crippen LogP contribution in [-0.2, 0) is 11.4 Å². The maximum absolute atomic E-state index is 12.3. The summed E-state index contributed by atoms with van der Waals surface area (Å²) in [5.74, 6) is 2.49. The lowest BCUT2D eigenvalue weighted by Crippen LogP contribution is -2.49. The quantitative estimate of drug-likeness (QED) is 0.655. The predicted octanol–water partition coefficient (Wildman–Crippen LogP) is 2.61. The number of nitrogens with zero attached hydrogens (tertiary/aromatic N) is 5. The first kappa shape index (κ1) is 20.1. The maximum atomic E-state index is 12.3. The number of piperazine rings is 1. The Kier molecular flexibility index (Phi) is 5.19. The largest absolute Gasteiger partial charge is 0.495 e. The number of methoxy groups -OCH3 is 1. The summed E-state index contributed by atoms with van der Waals surface area (Å²) >= 11 is 6.30. The molecule has 3 heterocycles. The van der Waals surface area contributed by atoms with Crippen molar-refractivity contribution in [2.45, 2.75) is 19.4 Å². The van der Waals surface area contributed by atoms with Gasteiger partial charge in [-0.3, -0.25) is 9.20 Å². The van der Waals surface area contributed by atoms with Crippen molar-refractivity contribution in [3.63, 3.8) is 0 Å². The van der Waals surface area contributed by atoms with E-state index in [1.54, 1.807) is 19.2 Å². The van der Waals surface area contributed by atoms with Crippen LogP contribution in [0.1, 0.15) is 18.4 Å². The first-order valence-corrected chi connectivity index (χ1v) is 10.8. The fraction of sp³-hybridized carbons (Fsp3) is 0.409. The molecule has 1 N–H and O–H groups in total. The Bertz CT molecular complexity index is 1140. The van der Waals surface area contributed by atoms with Gasteiger partial charge in [0.15, 0.2) is 0 Å². The molecule has 2 fully saturated rings. The van der Waals surface area contributed by atoms with Gasteiger partial charge in [-0.05, 0) is 36.6 Å². The predicted molar refractivity (Wildman–Crippen MR) is 117 cm³/mol. The van der Waals surface area contributed by atoms with E-state index in [-0.39, 0.29) is 12.5 Å². The molecule has 8 nitrogen and oxygen atoms in total. The number of ether oxygens (including phenoxy) is 1. The zero-order valence-corrected chi connectivity index (χ0v) is 18.0. The molecule has 2 aliphatic rings. The lowest BCUT2D eigenvalue weighted by Gasteiger charge is -2.35. The van der Waals surface area contributed by atoms with Crippen molar-refractivity contribution in [1.29, 1.82) is 0 Å². The van der Waals surface area contributed by atoms with Crippen LogP contribution in [0.15, 0.2) is 30.6 Å². The van der Waals surface area contributed by atoms with Gasteiger partial charge in [-0.2, -0.15) is 4.98 Å². The van der Waals surface area contributed by atoms with Crippen molar-refractivity contribution >= 4 is 29.1 Å². The van der Waals surface area contributed by atoms with Gasteiger partial charge in [-0.1, -0.05) is 11.6 Å². The molecule has 1 saturated carbocycles. The molecule has 0 bridgehead atoms. The Morgan fingerprint density at radius 2 is 2.00 bits per heavy atom. The van der Waals surface area contributed by atoms with E-state index in [0.29, 0.717) is 33.7 Å². The number of imidazole rings is 1. The van der Waals surface area contributed by atoms with Gasteiger partial charge in [-0.15, -0.1) is 0 Å². The Balaban J connectivity index is 1.39. The molecule has 0 atom stereocenters. The number of anilines is 1. The van der Waals surface area contributed by atoms with Crippen molar-refractivity contribution in [1.82, 2.24) is 19.3 Å². The number of aliphatic hydroxyl groups is 1. The minimum atomic E-state index is -0.154. The summed E-state index contributed by atoms with van der Waals surface area (Å²) in [6, 6.07) is 5.44. The topological polar surface area (TPSA) is 83.2 Å².